The maximum Gasteiger partial charge on any atom is 0.239 e. The first-order valence-electron chi connectivity index (χ1n) is 9.56. The molecule has 1 aliphatic carbocycles. The zero-order valence-electron chi connectivity index (χ0n) is 15.6. The number of carbonyl (C=O) groups excluding carboxylic acids is 1. The van der Waals surface area contributed by atoms with Gasteiger partial charge in [-0.25, -0.2) is 9.97 Å². The zero-order chi connectivity index (χ0) is 19.6. The lowest BCUT2D eigenvalue weighted by Crippen LogP contribution is -2.31. The van der Waals surface area contributed by atoms with Gasteiger partial charge in [0.25, 0.3) is 0 Å². The van der Waals surface area contributed by atoms with Gasteiger partial charge in [0.05, 0.1) is 11.9 Å². The van der Waals surface area contributed by atoms with E-state index in [9.17, 15) is 4.79 Å². The van der Waals surface area contributed by atoms with Crippen molar-refractivity contribution in [3.05, 3.63) is 60.2 Å². The number of anilines is 1. The number of pyridine rings is 1. The Hall–Kier alpha value is -3.32. The maximum atomic E-state index is 12.2. The molecule has 2 N–H and O–H groups in total. The summed E-state index contributed by atoms with van der Waals surface area (Å²) in [5.74, 6) is 1.25. The first-order chi connectivity index (χ1) is 14.3. The fourth-order valence-electron chi connectivity index (χ4n) is 3.19. The van der Waals surface area contributed by atoms with Crippen molar-refractivity contribution < 1.29 is 4.79 Å². The van der Waals surface area contributed by atoms with E-state index in [0.717, 1.165) is 39.7 Å². The fraction of sp³-hybridized carbons (Fsp3) is 0.182. The third-order valence-electron chi connectivity index (χ3n) is 4.80. The van der Waals surface area contributed by atoms with Gasteiger partial charge in [-0.15, -0.1) is 11.3 Å². The number of thiophene rings is 1. The average Bonchev–Trinajstić information content (AvgIpc) is 3.48. The summed E-state index contributed by atoms with van der Waals surface area (Å²) in [6.07, 6.45) is 5.60. The van der Waals surface area contributed by atoms with Gasteiger partial charge in [-0.05, 0) is 30.5 Å². The number of benzene rings is 1. The molecule has 1 aromatic carbocycles. The highest BCUT2D eigenvalue weighted by Gasteiger charge is 2.23. The number of amides is 1. The normalized spacial score (nSPS) is 13.4. The molecule has 0 unspecified atom stereocenters. The lowest BCUT2D eigenvalue weighted by Gasteiger charge is -2.11. The molecule has 0 saturated heterocycles. The molecule has 0 spiro atoms. The molecule has 1 amide bonds. The van der Waals surface area contributed by atoms with E-state index < -0.39 is 0 Å². The Morgan fingerprint density at radius 3 is 2.66 bits per heavy atom. The van der Waals surface area contributed by atoms with Crippen molar-refractivity contribution in [3.63, 3.8) is 0 Å². The summed E-state index contributed by atoms with van der Waals surface area (Å²) in [6.45, 7) is 0.180. The van der Waals surface area contributed by atoms with Gasteiger partial charge in [0, 0.05) is 34.9 Å². The Labute approximate surface area is 172 Å². The second kappa shape index (κ2) is 7.60. The Balaban J connectivity index is 1.57. The maximum absolute atomic E-state index is 12.2. The molecule has 29 heavy (non-hydrogen) atoms. The summed E-state index contributed by atoms with van der Waals surface area (Å²) in [4.78, 5) is 26.8. The van der Waals surface area contributed by atoms with E-state index in [1.54, 1.807) is 23.7 Å². The van der Waals surface area contributed by atoms with Crippen LogP contribution in [0.1, 0.15) is 12.8 Å². The Morgan fingerprint density at radius 2 is 1.90 bits per heavy atom. The number of rotatable bonds is 6. The number of carbonyl (C=O) groups is 1. The average molecular weight is 401 g/mol. The first-order valence-corrected chi connectivity index (χ1v) is 10.4. The standard InChI is InChI=1S/C22H19N5OS/c28-18(25-16-8-9-16)12-24-21-19-17(14-5-2-1-3-6-14)13-29-22(19)27-20(26-21)15-7-4-10-23-11-15/h1-7,10-11,13,16H,8-9,12H2,(H,25,28)(H,24,26,27). The summed E-state index contributed by atoms with van der Waals surface area (Å²) < 4.78 is 0. The van der Waals surface area contributed by atoms with Crippen LogP contribution in [0.3, 0.4) is 0 Å². The first kappa shape index (κ1) is 17.8. The van der Waals surface area contributed by atoms with Crippen molar-refractivity contribution in [1.29, 1.82) is 0 Å². The van der Waals surface area contributed by atoms with Gasteiger partial charge in [0.2, 0.25) is 5.91 Å². The van der Waals surface area contributed by atoms with Gasteiger partial charge in [0.1, 0.15) is 10.6 Å². The molecule has 0 radical (unpaired) electrons. The Bertz CT molecular complexity index is 1160. The molecule has 3 heterocycles. The van der Waals surface area contributed by atoms with Crippen LogP contribution >= 0.6 is 11.3 Å². The number of hydrogen-bond donors (Lipinski definition) is 2. The van der Waals surface area contributed by atoms with Crippen LogP contribution in [0.5, 0.6) is 0 Å². The minimum Gasteiger partial charge on any atom is -0.360 e. The van der Waals surface area contributed by atoms with Crippen LogP contribution in [0.2, 0.25) is 0 Å². The van der Waals surface area contributed by atoms with E-state index >= 15 is 0 Å². The van der Waals surface area contributed by atoms with Crippen molar-refractivity contribution in [2.75, 3.05) is 11.9 Å². The zero-order valence-corrected chi connectivity index (χ0v) is 16.4. The smallest absolute Gasteiger partial charge is 0.239 e. The topological polar surface area (TPSA) is 79.8 Å². The van der Waals surface area contributed by atoms with Gasteiger partial charge in [-0.1, -0.05) is 30.3 Å². The summed E-state index contributed by atoms with van der Waals surface area (Å²) in [5, 5.41) is 9.29. The van der Waals surface area contributed by atoms with E-state index in [0.29, 0.717) is 17.7 Å². The monoisotopic (exact) mass is 401 g/mol. The van der Waals surface area contributed by atoms with E-state index in [4.69, 9.17) is 9.97 Å². The van der Waals surface area contributed by atoms with Gasteiger partial charge >= 0.3 is 0 Å². The van der Waals surface area contributed by atoms with Crippen LogP contribution < -0.4 is 10.6 Å². The highest BCUT2D eigenvalue weighted by molar-refractivity contribution is 7.17. The minimum absolute atomic E-state index is 0.0151. The van der Waals surface area contributed by atoms with E-state index in [-0.39, 0.29) is 12.5 Å². The molecule has 1 aliphatic rings. The second-order valence-corrected chi connectivity index (χ2v) is 7.89. The third kappa shape index (κ3) is 3.82. The summed E-state index contributed by atoms with van der Waals surface area (Å²) in [5.41, 5.74) is 3.00. The molecular weight excluding hydrogens is 382 g/mol. The van der Waals surface area contributed by atoms with Gasteiger partial charge in [0.15, 0.2) is 5.82 Å². The Morgan fingerprint density at radius 1 is 1.07 bits per heavy atom. The van der Waals surface area contributed by atoms with Crippen LogP contribution in [0, 0.1) is 0 Å². The van der Waals surface area contributed by atoms with Gasteiger partial charge in [-0.3, -0.25) is 9.78 Å². The van der Waals surface area contributed by atoms with Gasteiger partial charge < -0.3 is 10.6 Å². The molecule has 0 aliphatic heterocycles. The largest absolute Gasteiger partial charge is 0.360 e. The molecule has 144 valence electrons. The van der Waals surface area contributed by atoms with Crippen LogP contribution in [-0.2, 0) is 4.79 Å². The van der Waals surface area contributed by atoms with Crippen molar-refractivity contribution >= 4 is 33.3 Å². The summed E-state index contributed by atoms with van der Waals surface area (Å²) >= 11 is 1.57. The third-order valence-corrected chi connectivity index (χ3v) is 5.67. The van der Waals surface area contributed by atoms with Crippen LogP contribution in [0.4, 0.5) is 5.82 Å². The number of hydrogen-bond acceptors (Lipinski definition) is 6. The highest BCUT2D eigenvalue weighted by Crippen LogP contribution is 2.38. The van der Waals surface area contributed by atoms with E-state index in [2.05, 4.69) is 33.1 Å². The van der Waals surface area contributed by atoms with Crippen LogP contribution in [0.15, 0.2) is 60.2 Å². The van der Waals surface area contributed by atoms with E-state index in [1.807, 2.05) is 30.3 Å². The van der Waals surface area contributed by atoms with Crippen LogP contribution in [-0.4, -0.2) is 33.4 Å². The van der Waals surface area contributed by atoms with Crippen molar-refractivity contribution in [1.82, 2.24) is 20.3 Å². The molecule has 5 rings (SSSR count). The lowest BCUT2D eigenvalue weighted by atomic mass is 10.1. The molecule has 1 saturated carbocycles. The minimum atomic E-state index is -0.0151. The van der Waals surface area contributed by atoms with Crippen molar-refractivity contribution in [2.24, 2.45) is 0 Å². The number of fused-ring (bicyclic) bond motifs is 1. The molecule has 1 fully saturated rings. The predicted molar refractivity (Wildman–Crippen MR) is 116 cm³/mol. The molecule has 6 nitrogen and oxygen atoms in total. The molecule has 7 heteroatoms. The number of aromatic nitrogens is 3. The molecule has 4 aromatic rings. The SMILES string of the molecule is O=C(CNc1nc(-c2cccnc2)nc2scc(-c3ccccc3)c12)NC1CC1. The number of nitrogens with zero attached hydrogens (tertiary/aromatic N) is 3. The highest BCUT2D eigenvalue weighted by atomic mass is 32.1. The quantitative estimate of drug-likeness (QED) is 0.508. The molecular formula is C22H19N5OS. The number of nitrogens with one attached hydrogen (secondary N) is 2. The van der Waals surface area contributed by atoms with Gasteiger partial charge in [-0.2, -0.15) is 0 Å². The molecule has 0 bridgehead atoms. The summed E-state index contributed by atoms with van der Waals surface area (Å²) in [6, 6.07) is 14.3. The lowest BCUT2D eigenvalue weighted by molar-refractivity contribution is -0.119. The van der Waals surface area contributed by atoms with Crippen molar-refractivity contribution in [2.45, 2.75) is 18.9 Å². The summed E-state index contributed by atoms with van der Waals surface area (Å²) in [7, 11) is 0. The predicted octanol–water partition coefficient (Wildman–Crippen LogP) is 4.11. The van der Waals surface area contributed by atoms with Crippen LogP contribution in [0.25, 0.3) is 32.7 Å². The Kier molecular flexibility index (Phi) is 4.65. The van der Waals surface area contributed by atoms with Crippen molar-refractivity contribution in [3.8, 4) is 22.5 Å². The van der Waals surface area contributed by atoms with E-state index in [1.165, 1.54) is 0 Å². The fourth-order valence-corrected chi connectivity index (χ4v) is 4.14. The molecule has 3 aromatic heterocycles. The second-order valence-electron chi connectivity index (χ2n) is 7.03. The molecule has 0 atom stereocenters.